The lowest BCUT2D eigenvalue weighted by atomic mass is 10.2. The lowest BCUT2D eigenvalue weighted by Crippen LogP contribution is -2.24. The number of hydrogen-bond donors (Lipinski definition) is 1. The molecule has 1 amide bonds. The van der Waals surface area contributed by atoms with Crippen LogP contribution in [0.25, 0.3) is 0 Å². The van der Waals surface area contributed by atoms with Crippen LogP contribution in [0.3, 0.4) is 0 Å². The van der Waals surface area contributed by atoms with Crippen LogP contribution in [0.15, 0.2) is 70.2 Å². The molecule has 0 fully saturated rings. The van der Waals surface area contributed by atoms with Crippen molar-refractivity contribution in [2.24, 2.45) is 5.10 Å². The number of nitrogens with zero attached hydrogens (tertiary/aromatic N) is 1. The van der Waals surface area contributed by atoms with Crippen molar-refractivity contribution in [3.05, 3.63) is 86.3 Å². The fourth-order valence-corrected chi connectivity index (χ4v) is 3.41. The Balaban J connectivity index is 1.57. The van der Waals surface area contributed by atoms with Gasteiger partial charge in [0, 0.05) is 10.0 Å². The van der Waals surface area contributed by atoms with Gasteiger partial charge in [-0.15, -0.1) is 0 Å². The van der Waals surface area contributed by atoms with Gasteiger partial charge in [0.05, 0.1) is 17.8 Å². The van der Waals surface area contributed by atoms with Gasteiger partial charge in [-0.3, -0.25) is 4.79 Å². The number of hydrogen-bond acceptors (Lipinski definition) is 5. The molecule has 0 aliphatic carbocycles. The summed E-state index contributed by atoms with van der Waals surface area (Å²) in [5.74, 6) is 1.22. The molecule has 0 saturated heterocycles. The van der Waals surface area contributed by atoms with Crippen LogP contribution in [-0.4, -0.2) is 25.8 Å². The molecule has 0 heterocycles. The van der Waals surface area contributed by atoms with Gasteiger partial charge in [0.15, 0.2) is 18.1 Å². The smallest absolute Gasteiger partial charge is 0.277 e. The number of carbonyl (C=O) groups is 1. The molecule has 3 aromatic rings. The molecule has 0 spiro atoms. The van der Waals surface area contributed by atoms with Gasteiger partial charge in [-0.05, 0) is 75.6 Å². The lowest BCUT2D eigenvalue weighted by molar-refractivity contribution is -0.123. The lowest BCUT2D eigenvalue weighted by Gasteiger charge is -2.13. The summed E-state index contributed by atoms with van der Waals surface area (Å²) in [5.41, 5.74) is 4.09. The van der Waals surface area contributed by atoms with Crippen molar-refractivity contribution < 1.29 is 19.0 Å². The van der Waals surface area contributed by atoms with Crippen molar-refractivity contribution >= 4 is 51.3 Å². The Kier molecular flexibility index (Phi) is 8.79. The Labute approximate surface area is 204 Å². The highest BCUT2D eigenvalue weighted by Crippen LogP contribution is 2.36. The molecule has 0 aliphatic rings. The largest absolute Gasteiger partial charge is 0.493 e. The molecule has 0 aliphatic heterocycles. The first-order valence-electron chi connectivity index (χ1n) is 9.39. The topological polar surface area (TPSA) is 69.2 Å². The van der Waals surface area contributed by atoms with Gasteiger partial charge in [0.1, 0.15) is 12.4 Å². The Morgan fingerprint density at radius 3 is 2.34 bits per heavy atom. The summed E-state index contributed by atoms with van der Waals surface area (Å²) in [4.78, 5) is 11.9. The molecule has 0 atom stereocenters. The van der Waals surface area contributed by atoms with Gasteiger partial charge < -0.3 is 14.2 Å². The zero-order valence-corrected chi connectivity index (χ0v) is 20.1. The van der Waals surface area contributed by atoms with E-state index in [0.717, 1.165) is 5.56 Å². The maximum absolute atomic E-state index is 11.9. The second-order valence-corrected chi connectivity index (χ2v) is 8.21. The number of nitrogens with one attached hydrogen (secondary N) is 1. The predicted octanol–water partition coefficient (Wildman–Crippen LogP) is 5.87. The molecule has 0 radical (unpaired) electrons. The Morgan fingerprint density at radius 2 is 1.69 bits per heavy atom. The van der Waals surface area contributed by atoms with Gasteiger partial charge in [0.25, 0.3) is 5.91 Å². The van der Waals surface area contributed by atoms with Gasteiger partial charge in [-0.1, -0.05) is 35.3 Å². The quantitative estimate of drug-likeness (QED) is 0.273. The molecule has 166 valence electrons. The van der Waals surface area contributed by atoms with E-state index < -0.39 is 5.91 Å². The number of benzene rings is 3. The SMILES string of the molecule is COc1cc(/C=N\NC(=O)COc2ccc(Cl)cc2)cc(Br)c1OCc1ccc(Cl)cc1. The van der Waals surface area contributed by atoms with Crippen molar-refractivity contribution in [3.63, 3.8) is 0 Å². The molecular weight excluding hydrogens is 519 g/mol. The van der Waals surface area contributed by atoms with E-state index in [9.17, 15) is 4.79 Å². The van der Waals surface area contributed by atoms with Crippen LogP contribution in [0.5, 0.6) is 17.2 Å². The van der Waals surface area contributed by atoms with Gasteiger partial charge >= 0.3 is 0 Å². The van der Waals surface area contributed by atoms with Crippen LogP contribution in [-0.2, 0) is 11.4 Å². The first-order valence-corrected chi connectivity index (χ1v) is 10.9. The standard InChI is InChI=1S/C23H19BrCl2N2O4/c1-30-21-11-16(10-20(24)23(21)32-13-15-2-4-17(25)5-3-15)12-27-28-22(29)14-31-19-8-6-18(26)7-9-19/h2-12H,13-14H2,1H3,(H,28,29)/b27-12-. The van der Waals surface area contributed by atoms with E-state index in [2.05, 4.69) is 26.5 Å². The highest BCUT2D eigenvalue weighted by molar-refractivity contribution is 9.10. The molecule has 3 aromatic carbocycles. The summed E-state index contributed by atoms with van der Waals surface area (Å²) in [6.07, 6.45) is 1.50. The van der Waals surface area contributed by atoms with Crippen molar-refractivity contribution in [1.82, 2.24) is 5.43 Å². The number of halogens is 3. The number of methoxy groups -OCH3 is 1. The van der Waals surface area contributed by atoms with Crippen molar-refractivity contribution in [3.8, 4) is 17.2 Å². The monoisotopic (exact) mass is 536 g/mol. The molecule has 0 saturated carbocycles. The third-order valence-corrected chi connectivity index (χ3v) is 5.23. The highest BCUT2D eigenvalue weighted by Gasteiger charge is 2.12. The van der Waals surface area contributed by atoms with Crippen molar-refractivity contribution in [2.75, 3.05) is 13.7 Å². The zero-order valence-electron chi connectivity index (χ0n) is 17.0. The Morgan fingerprint density at radius 1 is 1.03 bits per heavy atom. The third kappa shape index (κ3) is 7.15. The minimum Gasteiger partial charge on any atom is -0.493 e. The van der Waals surface area contributed by atoms with E-state index in [0.29, 0.717) is 43.9 Å². The molecule has 1 N–H and O–H groups in total. The summed E-state index contributed by atoms with van der Waals surface area (Å²) < 4.78 is 17.4. The first kappa shape index (κ1) is 23.9. The van der Waals surface area contributed by atoms with E-state index in [1.165, 1.54) is 6.21 Å². The molecule has 0 bridgehead atoms. The normalized spacial score (nSPS) is 10.8. The maximum atomic E-state index is 11.9. The van der Waals surface area contributed by atoms with E-state index in [1.807, 2.05) is 12.1 Å². The summed E-state index contributed by atoms with van der Waals surface area (Å²) in [7, 11) is 1.55. The summed E-state index contributed by atoms with van der Waals surface area (Å²) in [6.45, 7) is 0.173. The van der Waals surface area contributed by atoms with Crippen LogP contribution < -0.4 is 19.6 Å². The predicted molar refractivity (Wildman–Crippen MR) is 129 cm³/mol. The highest BCUT2D eigenvalue weighted by atomic mass is 79.9. The fraction of sp³-hybridized carbons (Fsp3) is 0.130. The zero-order chi connectivity index (χ0) is 22.9. The number of amides is 1. The van der Waals surface area contributed by atoms with Gasteiger partial charge in [-0.25, -0.2) is 5.43 Å². The summed E-state index contributed by atoms with van der Waals surface area (Å²) in [6, 6.07) is 17.7. The number of carbonyl (C=O) groups excluding carboxylic acids is 1. The van der Waals surface area contributed by atoms with E-state index in [1.54, 1.807) is 55.6 Å². The fourth-order valence-electron chi connectivity index (χ4n) is 2.58. The summed E-state index contributed by atoms with van der Waals surface area (Å²) >= 11 is 15.2. The molecule has 0 unspecified atom stereocenters. The average Bonchev–Trinajstić information content (AvgIpc) is 2.79. The average molecular weight is 538 g/mol. The number of rotatable bonds is 9. The molecule has 6 nitrogen and oxygen atoms in total. The molecular formula is C23H19BrCl2N2O4. The number of hydrazone groups is 1. The first-order chi connectivity index (χ1) is 15.4. The van der Waals surface area contributed by atoms with Crippen LogP contribution in [0, 0.1) is 0 Å². The number of ether oxygens (including phenoxy) is 3. The van der Waals surface area contributed by atoms with Crippen LogP contribution in [0.2, 0.25) is 10.0 Å². The van der Waals surface area contributed by atoms with Crippen LogP contribution >= 0.6 is 39.1 Å². The van der Waals surface area contributed by atoms with Crippen LogP contribution in [0.4, 0.5) is 0 Å². The molecule has 9 heteroatoms. The van der Waals surface area contributed by atoms with Crippen LogP contribution in [0.1, 0.15) is 11.1 Å². The van der Waals surface area contributed by atoms with Gasteiger partial charge in [-0.2, -0.15) is 5.10 Å². The van der Waals surface area contributed by atoms with E-state index >= 15 is 0 Å². The van der Waals surface area contributed by atoms with Gasteiger partial charge in [0.2, 0.25) is 0 Å². The van der Waals surface area contributed by atoms with E-state index in [4.69, 9.17) is 37.4 Å². The summed E-state index contributed by atoms with van der Waals surface area (Å²) in [5, 5.41) is 5.22. The Bertz CT molecular complexity index is 1090. The van der Waals surface area contributed by atoms with Crippen molar-refractivity contribution in [1.29, 1.82) is 0 Å². The second kappa shape index (κ2) is 11.8. The van der Waals surface area contributed by atoms with Crippen molar-refractivity contribution in [2.45, 2.75) is 6.61 Å². The molecule has 0 aromatic heterocycles. The minimum absolute atomic E-state index is 0.177. The van der Waals surface area contributed by atoms with E-state index in [-0.39, 0.29) is 6.61 Å². The third-order valence-electron chi connectivity index (χ3n) is 4.13. The maximum Gasteiger partial charge on any atom is 0.277 e. The molecule has 32 heavy (non-hydrogen) atoms. The molecule has 3 rings (SSSR count). The second-order valence-electron chi connectivity index (χ2n) is 6.49. The minimum atomic E-state index is -0.398. The Hall–Kier alpha value is -2.74.